The van der Waals surface area contributed by atoms with Crippen molar-refractivity contribution in [2.24, 2.45) is 5.92 Å². The maximum absolute atomic E-state index is 11.0. The van der Waals surface area contributed by atoms with Crippen molar-refractivity contribution in [2.75, 3.05) is 5.32 Å². The van der Waals surface area contributed by atoms with Crippen LogP contribution in [0.25, 0.3) is 0 Å². The van der Waals surface area contributed by atoms with Crippen molar-refractivity contribution in [3.05, 3.63) is 23.5 Å². The van der Waals surface area contributed by atoms with Crippen molar-refractivity contribution in [1.82, 2.24) is 4.98 Å². The van der Waals surface area contributed by atoms with E-state index in [1.54, 1.807) is 6.07 Å². The standard InChI is InChI=1S/C12H18N2O2/c1-7(2)9(4)14-11-5-8(3)13-6-10(11)12(15)16/h5-7,9H,1-4H3,(H,13,14)(H,15,16). The smallest absolute Gasteiger partial charge is 0.339 e. The predicted octanol–water partition coefficient (Wildman–Crippen LogP) is 2.54. The first-order valence-electron chi connectivity index (χ1n) is 5.38. The zero-order chi connectivity index (χ0) is 12.3. The lowest BCUT2D eigenvalue weighted by atomic mass is 10.1. The van der Waals surface area contributed by atoms with Crippen molar-refractivity contribution in [2.45, 2.75) is 33.7 Å². The number of carboxylic acids is 1. The molecule has 0 radical (unpaired) electrons. The minimum Gasteiger partial charge on any atom is -0.478 e. The van der Waals surface area contributed by atoms with Crippen LogP contribution in [0.3, 0.4) is 0 Å². The van der Waals surface area contributed by atoms with Crippen molar-refractivity contribution in [1.29, 1.82) is 0 Å². The average molecular weight is 222 g/mol. The minimum atomic E-state index is -0.953. The van der Waals surface area contributed by atoms with Crippen LogP contribution >= 0.6 is 0 Å². The summed E-state index contributed by atoms with van der Waals surface area (Å²) in [5, 5.41) is 12.2. The van der Waals surface area contributed by atoms with Gasteiger partial charge in [-0.1, -0.05) is 13.8 Å². The van der Waals surface area contributed by atoms with Gasteiger partial charge in [-0.15, -0.1) is 0 Å². The van der Waals surface area contributed by atoms with E-state index in [-0.39, 0.29) is 11.6 Å². The maximum Gasteiger partial charge on any atom is 0.339 e. The van der Waals surface area contributed by atoms with Crippen LogP contribution in [0.2, 0.25) is 0 Å². The molecule has 1 heterocycles. The minimum absolute atomic E-state index is 0.220. The number of aromatic carboxylic acids is 1. The molecule has 0 spiro atoms. The topological polar surface area (TPSA) is 62.2 Å². The van der Waals surface area contributed by atoms with Gasteiger partial charge in [0.2, 0.25) is 0 Å². The number of pyridine rings is 1. The molecule has 16 heavy (non-hydrogen) atoms. The second kappa shape index (κ2) is 4.96. The van der Waals surface area contributed by atoms with Gasteiger partial charge < -0.3 is 10.4 Å². The molecule has 1 rings (SSSR count). The highest BCUT2D eigenvalue weighted by atomic mass is 16.4. The molecule has 2 N–H and O–H groups in total. The van der Waals surface area contributed by atoms with Crippen LogP contribution in [0, 0.1) is 12.8 Å². The van der Waals surface area contributed by atoms with Crippen LogP contribution in [0.15, 0.2) is 12.3 Å². The Balaban J connectivity index is 3.01. The van der Waals surface area contributed by atoms with Gasteiger partial charge in [-0.25, -0.2) is 4.79 Å². The van der Waals surface area contributed by atoms with E-state index in [9.17, 15) is 4.79 Å². The predicted molar refractivity (Wildman–Crippen MR) is 63.9 cm³/mol. The van der Waals surface area contributed by atoms with Crippen molar-refractivity contribution >= 4 is 11.7 Å². The van der Waals surface area contributed by atoms with Crippen LogP contribution in [-0.4, -0.2) is 22.1 Å². The Hall–Kier alpha value is -1.58. The molecule has 0 amide bonds. The normalized spacial score (nSPS) is 12.6. The summed E-state index contributed by atoms with van der Waals surface area (Å²) in [6, 6.07) is 1.99. The third kappa shape index (κ3) is 2.95. The van der Waals surface area contributed by atoms with E-state index in [1.165, 1.54) is 6.20 Å². The highest BCUT2D eigenvalue weighted by Gasteiger charge is 2.14. The fourth-order valence-electron chi connectivity index (χ4n) is 1.26. The SMILES string of the molecule is Cc1cc(NC(C)C(C)C)c(C(=O)O)cn1. The van der Waals surface area contributed by atoms with Gasteiger partial charge in [-0.3, -0.25) is 4.98 Å². The highest BCUT2D eigenvalue weighted by Crippen LogP contribution is 2.18. The first kappa shape index (κ1) is 12.5. The fraction of sp³-hybridized carbons (Fsp3) is 0.500. The highest BCUT2D eigenvalue weighted by molar-refractivity contribution is 5.93. The van der Waals surface area contributed by atoms with E-state index < -0.39 is 5.97 Å². The molecule has 0 aromatic carbocycles. The van der Waals surface area contributed by atoms with Gasteiger partial charge in [0.05, 0.1) is 5.69 Å². The Morgan fingerprint density at radius 2 is 2.06 bits per heavy atom. The van der Waals surface area contributed by atoms with E-state index in [0.717, 1.165) is 5.69 Å². The molecular formula is C12H18N2O2. The van der Waals surface area contributed by atoms with Gasteiger partial charge in [0.1, 0.15) is 5.56 Å². The first-order chi connectivity index (χ1) is 7.41. The van der Waals surface area contributed by atoms with Crippen LogP contribution in [0.4, 0.5) is 5.69 Å². The van der Waals surface area contributed by atoms with Crippen molar-refractivity contribution < 1.29 is 9.90 Å². The first-order valence-corrected chi connectivity index (χ1v) is 5.38. The molecule has 0 aliphatic carbocycles. The zero-order valence-electron chi connectivity index (χ0n) is 10.1. The Morgan fingerprint density at radius 3 is 2.56 bits per heavy atom. The number of nitrogens with zero attached hydrogens (tertiary/aromatic N) is 1. The third-order valence-electron chi connectivity index (χ3n) is 2.65. The second-order valence-electron chi connectivity index (χ2n) is 4.35. The van der Waals surface area contributed by atoms with Gasteiger partial charge in [-0.2, -0.15) is 0 Å². The molecule has 0 aliphatic heterocycles. The molecule has 0 saturated heterocycles. The largest absolute Gasteiger partial charge is 0.478 e. The number of nitrogens with one attached hydrogen (secondary N) is 1. The number of aryl methyl sites for hydroxylation is 1. The zero-order valence-corrected chi connectivity index (χ0v) is 10.1. The van der Waals surface area contributed by atoms with Gasteiger partial charge in [-0.05, 0) is 25.8 Å². The molecule has 88 valence electrons. The molecule has 1 unspecified atom stereocenters. The van der Waals surface area contributed by atoms with Crippen molar-refractivity contribution in [3.63, 3.8) is 0 Å². The Kier molecular flexibility index (Phi) is 3.88. The molecular weight excluding hydrogens is 204 g/mol. The summed E-state index contributed by atoms with van der Waals surface area (Å²) in [7, 11) is 0. The molecule has 4 heteroatoms. The lowest BCUT2D eigenvalue weighted by Gasteiger charge is -2.20. The molecule has 0 saturated carbocycles. The molecule has 1 atom stereocenters. The summed E-state index contributed by atoms with van der Waals surface area (Å²) in [4.78, 5) is 15.0. The van der Waals surface area contributed by atoms with E-state index in [4.69, 9.17) is 5.11 Å². The average Bonchev–Trinajstić information content (AvgIpc) is 2.16. The summed E-state index contributed by atoms with van der Waals surface area (Å²) in [5.41, 5.74) is 1.67. The number of rotatable bonds is 4. The van der Waals surface area contributed by atoms with E-state index in [2.05, 4.69) is 24.1 Å². The van der Waals surface area contributed by atoms with E-state index in [0.29, 0.717) is 11.6 Å². The Morgan fingerprint density at radius 1 is 1.44 bits per heavy atom. The van der Waals surface area contributed by atoms with E-state index in [1.807, 2.05) is 13.8 Å². The van der Waals surface area contributed by atoms with Gasteiger partial charge >= 0.3 is 5.97 Å². The van der Waals surface area contributed by atoms with Gasteiger partial charge in [0.25, 0.3) is 0 Å². The molecule has 1 aromatic heterocycles. The monoisotopic (exact) mass is 222 g/mol. The number of aromatic nitrogens is 1. The summed E-state index contributed by atoms with van der Waals surface area (Å²) in [6.45, 7) is 8.06. The summed E-state index contributed by atoms with van der Waals surface area (Å²) in [6.07, 6.45) is 1.40. The van der Waals surface area contributed by atoms with Crippen LogP contribution in [-0.2, 0) is 0 Å². The third-order valence-corrected chi connectivity index (χ3v) is 2.65. The Bertz CT molecular complexity index is 389. The summed E-state index contributed by atoms with van der Waals surface area (Å²) >= 11 is 0. The number of hydrogen-bond donors (Lipinski definition) is 2. The fourth-order valence-corrected chi connectivity index (χ4v) is 1.26. The lowest BCUT2D eigenvalue weighted by molar-refractivity contribution is 0.0697. The maximum atomic E-state index is 11.0. The number of carbonyl (C=O) groups is 1. The van der Waals surface area contributed by atoms with Crippen LogP contribution in [0.1, 0.15) is 36.8 Å². The molecule has 0 fully saturated rings. The number of hydrogen-bond acceptors (Lipinski definition) is 3. The van der Waals surface area contributed by atoms with Crippen molar-refractivity contribution in [3.8, 4) is 0 Å². The Labute approximate surface area is 95.7 Å². The summed E-state index contributed by atoms with van der Waals surface area (Å²) < 4.78 is 0. The molecule has 1 aromatic rings. The lowest BCUT2D eigenvalue weighted by Crippen LogP contribution is -2.23. The van der Waals surface area contributed by atoms with Gasteiger partial charge in [0.15, 0.2) is 0 Å². The molecule has 4 nitrogen and oxygen atoms in total. The quantitative estimate of drug-likeness (QED) is 0.821. The van der Waals surface area contributed by atoms with Crippen LogP contribution < -0.4 is 5.32 Å². The number of carboxylic acid groups (broad SMARTS) is 1. The van der Waals surface area contributed by atoms with Gasteiger partial charge in [0, 0.05) is 17.9 Å². The second-order valence-corrected chi connectivity index (χ2v) is 4.35. The molecule has 0 bridgehead atoms. The van der Waals surface area contributed by atoms with E-state index >= 15 is 0 Å². The van der Waals surface area contributed by atoms with Crippen LogP contribution in [0.5, 0.6) is 0 Å². The molecule has 0 aliphatic rings. The summed E-state index contributed by atoms with van der Waals surface area (Å²) in [5.74, 6) is -0.513. The number of anilines is 1.